The maximum Gasteiger partial charge on any atom is 0.347 e. The monoisotopic (exact) mass is 122 g/mol. The first-order chi connectivity index (χ1) is 3.31. The third-order valence-electron chi connectivity index (χ3n) is 0.431. The summed E-state index contributed by atoms with van der Waals surface area (Å²) in [6.45, 7) is 0.128. The second-order valence-electron chi connectivity index (χ2n) is 1.03. The van der Waals surface area contributed by atoms with E-state index >= 15 is 0 Å². The first-order valence-corrected chi connectivity index (χ1v) is 2.32. The number of methoxy groups -OCH3 is 1. The van der Waals surface area contributed by atoms with E-state index in [2.05, 4.69) is 17.6 Å². The van der Waals surface area contributed by atoms with Crippen molar-refractivity contribution in [2.24, 2.45) is 0 Å². The molecule has 42 valence electrons. The maximum absolute atomic E-state index is 10.2. The summed E-state index contributed by atoms with van der Waals surface area (Å²) in [4.78, 5) is 10.2. The molecule has 0 radical (unpaired) electrons. The first kappa shape index (κ1) is 6.94. The van der Waals surface area contributed by atoms with Crippen LogP contribution in [0.2, 0.25) is 0 Å². The third-order valence-corrected chi connectivity index (χ3v) is 0.719. The van der Waals surface area contributed by atoms with E-state index in [0.717, 1.165) is 0 Å². The molecule has 1 amide bonds. The van der Waals surface area contributed by atoms with Gasteiger partial charge in [-0.1, -0.05) is 0 Å². The van der Waals surface area contributed by atoms with Crippen LogP contribution in [0, 0.1) is 0 Å². The molecule has 0 atom stereocenters. The first-order valence-electron chi connectivity index (χ1n) is 1.80. The lowest BCUT2D eigenvalue weighted by Crippen LogP contribution is -2.78. The number of nitrogens with two attached hydrogens (primary N) is 1. The Morgan fingerprint density at radius 2 is 2.57 bits per heavy atom. The van der Waals surface area contributed by atoms with E-state index in [9.17, 15) is 4.79 Å². The lowest BCUT2D eigenvalue weighted by atomic mass is 10.7. The van der Waals surface area contributed by atoms with E-state index < -0.39 is 0 Å². The molecule has 0 aromatic carbocycles. The highest BCUT2D eigenvalue weighted by molar-refractivity contribution is 7.73. The minimum absolute atomic E-state index is 0.106. The molecule has 3 nitrogen and oxygen atoms in total. The quantitative estimate of drug-likeness (QED) is 0.441. The average Bonchev–Trinajstić information content (AvgIpc) is 1.68. The van der Waals surface area contributed by atoms with Gasteiger partial charge in [0.05, 0.1) is 12.8 Å². The van der Waals surface area contributed by atoms with Gasteiger partial charge in [0.15, 0.2) is 6.61 Å². The SMILES string of the molecule is COCC(=O)[NH2+]S. The molecule has 0 aliphatic rings. The van der Waals surface area contributed by atoms with Gasteiger partial charge in [-0.2, -0.15) is 0 Å². The van der Waals surface area contributed by atoms with Crippen molar-refractivity contribution in [3.05, 3.63) is 0 Å². The summed E-state index contributed by atoms with van der Waals surface area (Å²) in [7, 11) is 1.47. The predicted molar refractivity (Wildman–Crippen MR) is 27.8 cm³/mol. The fourth-order valence-electron chi connectivity index (χ4n) is 0.180. The largest absolute Gasteiger partial charge is 0.370 e. The lowest BCUT2D eigenvalue weighted by molar-refractivity contribution is -0.395. The number of ether oxygens (including phenoxy) is 1. The smallest absolute Gasteiger partial charge is 0.347 e. The molecule has 0 heterocycles. The van der Waals surface area contributed by atoms with E-state index in [1.54, 1.807) is 0 Å². The third kappa shape index (κ3) is 3.78. The van der Waals surface area contributed by atoms with Crippen LogP contribution >= 0.6 is 12.8 Å². The van der Waals surface area contributed by atoms with Gasteiger partial charge in [-0.15, -0.1) is 0 Å². The Balaban J connectivity index is 3.00. The highest BCUT2D eigenvalue weighted by Gasteiger charge is 1.97. The Labute approximate surface area is 47.6 Å². The molecule has 0 aromatic heterocycles. The molecule has 0 aromatic rings. The topological polar surface area (TPSA) is 42.9 Å². The number of quaternary nitrogens is 1. The van der Waals surface area contributed by atoms with Crippen LogP contribution in [0.1, 0.15) is 0 Å². The lowest BCUT2D eigenvalue weighted by Gasteiger charge is -1.86. The van der Waals surface area contributed by atoms with Gasteiger partial charge in [-0.05, 0) is 0 Å². The summed E-state index contributed by atoms with van der Waals surface area (Å²) < 4.78 is 5.65. The molecule has 7 heavy (non-hydrogen) atoms. The Hall–Kier alpha value is -0.0600. The summed E-state index contributed by atoms with van der Waals surface area (Å²) in [6.07, 6.45) is 0. The minimum Gasteiger partial charge on any atom is -0.370 e. The Morgan fingerprint density at radius 3 is 2.71 bits per heavy atom. The van der Waals surface area contributed by atoms with Gasteiger partial charge in [-0.3, -0.25) is 0 Å². The van der Waals surface area contributed by atoms with Gasteiger partial charge in [0.25, 0.3) is 0 Å². The highest BCUT2D eigenvalue weighted by atomic mass is 32.1. The fraction of sp³-hybridized carbons (Fsp3) is 0.667. The maximum atomic E-state index is 10.2. The van der Waals surface area contributed by atoms with Crippen molar-refractivity contribution in [3.63, 3.8) is 0 Å². The van der Waals surface area contributed by atoms with Crippen LogP contribution in [0.25, 0.3) is 0 Å². The zero-order valence-corrected chi connectivity index (χ0v) is 4.94. The number of carbonyl (C=O) groups is 1. The Morgan fingerprint density at radius 1 is 2.00 bits per heavy atom. The number of amides is 1. The number of hydrogen-bond donors (Lipinski definition) is 2. The number of hydrogen-bond acceptors (Lipinski definition) is 3. The second-order valence-corrected chi connectivity index (χ2v) is 1.29. The molecule has 0 aliphatic heterocycles. The summed E-state index contributed by atoms with van der Waals surface area (Å²) in [5.74, 6) is -0.106. The summed E-state index contributed by atoms with van der Waals surface area (Å²) in [5, 5.41) is 0. The molecule has 0 spiro atoms. The van der Waals surface area contributed by atoms with Crippen LogP contribution in [-0.2, 0) is 9.53 Å². The molecule has 0 fully saturated rings. The second kappa shape index (κ2) is 4.11. The standard InChI is InChI=1S/C3H7NO2S/c1-6-2-3(5)4-7/h7H,2H2,1H3,(H,4,5)/p+1. The van der Waals surface area contributed by atoms with Crippen molar-refractivity contribution in [2.45, 2.75) is 0 Å². The van der Waals surface area contributed by atoms with Crippen LogP contribution in [0.5, 0.6) is 0 Å². The Bertz CT molecular complexity index is 66.0. The van der Waals surface area contributed by atoms with E-state index in [4.69, 9.17) is 0 Å². The molecule has 0 saturated heterocycles. The Kier molecular flexibility index (Phi) is 4.07. The zero-order chi connectivity index (χ0) is 5.70. The molecule has 0 aliphatic carbocycles. The van der Waals surface area contributed by atoms with Crippen molar-refractivity contribution >= 4 is 18.7 Å². The van der Waals surface area contributed by atoms with Gasteiger partial charge in [0.1, 0.15) is 0 Å². The van der Waals surface area contributed by atoms with E-state index in [1.807, 2.05) is 0 Å². The molecule has 0 saturated carbocycles. The summed E-state index contributed by atoms with van der Waals surface area (Å²) in [6, 6.07) is 0. The highest BCUT2D eigenvalue weighted by Crippen LogP contribution is 1.58. The van der Waals surface area contributed by atoms with Crippen molar-refractivity contribution in [1.82, 2.24) is 0 Å². The molecular weight excluding hydrogens is 114 g/mol. The van der Waals surface area contributed by atoms with E-state index in [-0.39, 0.29) is 12.5 Å². The molecule has 0 unspecified atom stereocenters. The number of carbonyl (C=O) groups excluding carboxylic acids is 1. The number of rotatable bonds is 2. The van der Waals surface area contributed by atoms with Crippen LogP contribution in [-0.4, -0.2) is 19.6 Å². The van der Waals surface area contributed by atoms with Crippen LogP contribution < -0.4 is 4.72 Å². The molecule has 0 bridgehead atoms. The normalized spacial score (nSPS) is 8.86. The van der Waals surface area contributed by atoms with Gasteiger partial charge in [-0.25, -0.2) is 9.52 Å². The molecular formula is C3H8NO2S+. The summed E-state index contributed by atoms with van der Waals surface area (Å²) >= 11 is 3.59. The van der Waals surface area contributed by atoms with Gasteiger partial charge in [0, 0.05) is 7.11 Å². The summed E-state index contributed by atoms with van der Waals surface area (Å²) in [5.41, 5.74) is 0. The average molecular weight is 122 g/mol. The van der Waals surface area contributed by atoms with Crippen LogP contribution in [0.3, 0.4) is 0 Å². The molecule has 4 heteroatoms. The zero-order valence-electron chi connectivity index (χ0n) is 4.05. The van der Waals surface area contributed by atoms with Gasteiger partial charge >= 0.3 is 5.91 Å². The van der Waals surface area contributed by atoms with Crippen molar-refractivity contribution in [3.8, 4) is 0 Å². The van der Waals surface area contributed by atoms with Crippen molar-refractivity contribution in [2.75, 3.05) is 13.7 Å². The van der Waals surface area contributed by atoms with E-state index in [1.165, 1.54) is 11.8 Å². The van der Waals surface area contributed by atoms with Gasteiger partial charge < -0.3 is 4.74 Å². The van der Waals surface area contributed by atoms with Crippen LogP contribution in [0.15, 0.2) is 0 Å². The molecule has 0 rings (SSSR count). The number of primary amides is 1. The predicted octanol–water partition coefficient (Wildman–Crippen LogP) is -1.43. The van der Waals surface area contributed by atoms with Crippen LogP contribution in [0.4, 0.5) is 0 Å². The molecule has 2 N–H and O–H groups in total. The van der Waals surface area contributed by atoms with Crippen molar-refractivity contribution < 1.29 is 14.3 Å². The fourth-order valence-corrected chi connectivity index (χ4v) is 0.254. The van der Waals surface area contributed by atoms with E-state index in [0.29, 0.717) is 0 Å². The minimum atomic E-state index is -0.106. The van der Waals surface area contributed by atoms with Crippen molar-refractivity contribution in [1.29, 1.82) is 0 Å². The number of thiol groups is 1. The van der Waals surface area contributed by atoms with Gasteiger partial charge in [0.2, 0.25) is 0 Å².